The van der Waals surface area contributed by atoms with E-state index >= 15 is 0 Å². The fourth-order valence-corrected chi connectivity index (χ4v) is 0.935. The van der Waals surface area contributed by atoms with Crippen LogP contribution in [0.25, 0.3) is 6.08 Å². The van der Waals surface area contributed by atoms with Crippen molar-refractivity contribution in [3.63, 3.8) is 0 Å². The van der Waals surface area contributed by atoms with Crippen molar-refractivity contribution in [1.29, 1.82) is 0 Å². The van der Waals surface area contributed by atoms with Gasteiger partial charge in [-0.25, -0.2) is 5.84 Å². The number of methoxy groups -OCH3 is 1. The van der Waals surface area contributed by atoms with Gasteiger partial charge >= 0.3 is 0 Å². The lowest BCUT2D eigenvalue weighted by molar-refractivity contribution is -0.116. The first-order chi connectivity index (χ1) is 6.76. The number of carbonyl (C=O) groups excluding carboxylic acids is 1. The molecule has 0 spiro atoms. The van der Waals surface area contributed by atoms with Gasteiger partial charge in [-0.05, 0) is 23.8 Å². The van der Waals surface area contributed by atoms with E-state index in [1.165, 1.54) is 6.08 Å². The van der Waals surface area contributed by atoms with Gasteiger partial charge in [0.25, 0.3) is 5.91 Å². The summed E-state index contributed by atoms with van der Waals surface area (Å²) in [4.78, 5) is 10.8. The number of nitrogens with two attached hydrogens (primary N) is 1. The van der Waals surface area contributed by atoms with Gasteiger partial charge in [0.1, 0.15) is 5.75 Å². The highest BCUT2D eigenvalue weighted by atomic mass is 16.5. The molecule has 0 saturated heterocycles. The van der Waals surface area contributed by atoms with Crippen LogP contribution in [-0.4, -0.2) is 13.0 Å². The van der Waals surface area contributed by atoms with E-state index in [0.29, 0.717) is 0 Å². The molecule has 4 nitrogen and oxygen atoms in total. The van der Waals surface area contributed by atoms with Crippen molar-refractivity contribution < 1.29 is 9.53 Å². The smallest absolute Gasteiger partial charge is 0.257 e. The fraction of sp³-hybridized carbons (Fsp3) is 0.100. The van der Waals surface area contributed by atoms with Crippen LogP contribution in [0.15, 0.2) is 30.3 Å². The molecule has 0 aliphatic heterocycles. The summed E-state index contributed by atoms with van der Waals surface area (Å²) < 4.78 is 4.99. The molecule has 3 N–H and O–H groups in total. The average molecular weight is 192 g/mol. The largest absolute Gasteiger partial charge is 0.497 e. The molecule has 14 heavy (non-hydrogen) atoms. The molecule has 74 valence electrons. The molecule has 0 aliphatic rings. The van der Waals surface area contributed by atoms with Gasteiger partial charge in [-0.15, -0.1) is 0 Å². The van der Waals surface area contributed by atoms with Crippen LogP contribution >= 0.6 is 0 Å². The van der Waals surface area contributed by atoms with Gasteiger partial charge in [0.05, 0.1) is 7.11 Å². The standard InChI is InChI=1S/C10H12N2O2/c1-14-9-5-2-8(3-6-9)4-7-10(13)12-11/h2-7H,11H2,1H3,(H,12,13). The summed E-state index contributed by atoms with van der Waals surface area (Å²) in [7, 11) is 1.60. The molecule has 0 unspecified atom stereocenters. The third-order valence-corrected chi connectivity index (χ3v) is 1.69. The average Bonchev–Trinajstić information content (AvgIpc) is 2.26. The first kappa shape index (κ1) is 10.3. The Balaban J connectivity index is 2.68. The first-order valence-corrected chi connectivity index (χ1v) is 4.09. The summed E-state index contributed by atoms with van der Waals surface area (Å²) >= 11 is 0. The van der Waals surface area contributed by atoms with Gasteiger partial charge in [0.15, 0.2) is 0 Å². The van der Waals surface area contributed by atoms with E-state index < -0.39 is 0 Å². The number of nitrogens with one attached hydrogen (secondary N) is 1. The molecule has 1 amide bonds. The van der Waals surface area contributed by atoms with E-state index in [1.807, 2.05) is 29.7 Å². The minimum absolute atomic E-state index is 0.333. The molecule has 0 aromatic heterocycles. The van der Waals surface area contributed by atoms with E-state index in [-0.39, 0.29) is 5.91 Å². The second-order valence-corrected chi connectivity index (χ2v) is 2.62. The van der Waals surface area contributed by atoms with Crippen LogP contribution in [-0.2, 0) is 4.79 Å². The van der Waals surface area contributed by atoms with Gasteiger partial charge < -0.3 is 4.74 Å². The first-order valence-electron chi connectivity index (χ1n) is 4.09. The minimum Gasteiger partial charge on any atom is -0.497 e. The number of ether oxygens (including phenoxy) is 1. The third kappa shape index (κ3) is 2.91. The Morgan fingerprint density at radius 1 is 1.43 bits per heavy atom. The lowest BCUT2D eigenvalue weighted by atomic mass is 10.2. The van der Waals surface area contributed by atoms with E-state index in [0.717, 1.165) is 11.3 Å². The minimum atomic E-state index is -0.333. The van der Waals surface area contributed by atoms with Gasteiger partial charge in [0, 0.05) is 6.08 Å². The van der Waals surface area contributed by atoms with Crippen LogP contribution in [0.2, 0.25) is 0 Å². The third-order valence-electron chi connectivity index (χ3n) is 1.69. The molecule has 1 aromatic carbocycles. The number of rotatable bonds is 3. The summed E-state index contributed by atoms with van der Waals surface area (Å²) in [6, 6.07) is 7.33. The lowest BCUT2D eigenvalue weighted by Crippen LogP contribution is -2.27. The number of hydrogen-bond donors (Lipinski definition) is 2. The predicted octanol–water partition coefficient (Wildman–Crippen LogP) is 0.698. The molecule has 0 fully saturated rings. The van der Waals surface area contributed by atoms with Gasteiger partial charge in [-0.3, -0.25) is 10.2 Å². The Hall–Kier alpha value is -1.81. The highest BCUT2D eigenvalue weighted by Gasteiger charge is 1.91. The molecular weight excluding hydrogens is 180 g/mol. The van der Waals surface area contributed by atoms with Crippen molar-refractivity contribution >= 4 is 12.0 Å². The van der Waals surface area contributed by atoms with Crippen LogP contribution in [0.3, 0.4) is 0 Å². The summed E-state index contributed by atoms with van der Waals surface area (Å²) in [6.45, 7) is 0. The predicted molar refractivity (Wildman–Crippen MR) is 54.4 cm³/mol. The van der Waals surface area contributed by atoms with Crippen molar-refractivity contribution in [1.82, 2.24) is 5.43 Å². The molecule has 0 bridgehead atoms. The molecule has 1 rings (SSSR count). The van der Waals surface area contributed by atoms with E-state index in [2.05, 4.69) is 0 Å². The maximum absolute atomic E-state index is 10.8. The second kappa shape index (κ2) is 5.04. The van der Waals surface area contributed by atoms with Crippen molar-refractivity contribution in [2.24, 2.45) is 5.84 Å². The summed E-state index contributed by atoms with van der Waals surface area (Å²) in [5, 5.41) is 0. The highest BCUT2D eigenvalue weighted by Crippen LogP contribution is 2.11. The quantitative estimate of drug-likeness (QED) is 0.320. The Kier molecular flexibility index (Phi) is 3.69. The molecule has 0 heterocycles. The number of hydrogen-bond acceptors (Lipinski definition) is 3. The van der Waals surface area contributed by atoms with Crippen LogP contribution in [0, 0.1) is 0 Å². The molecular formula is C10H12N2O2. The Morgan fingerprint density at radius 2 is 2.07 bits per heavy atom. The Labute approximate surface area is 82.3 Å². The fourth-order valence-electron chi connectivity index (χ4n) is 0.935. The van der Waals surface area contributed by atoms with Crippen LogP contribution < -0.4 is 16.0 Å². The van der Waals surface area contributed by atoms with Crippen LogP contribution in [0.4, 0.5) is 0 Å². The second-order valence-electron chi connectivity index (χ2n) is 2.62. The van der Waals surface area contributed by atoms with Crippen molar-refractivity contribution in [2.75, 3.05) is 7.11 Å². The lowest BCUT2D eigenvalue weighted by Gasteiger charge is -1.98. The molecule has 0 radical (unpaired) electrons. The van der Waals surface area contributed by atoms with Crippen LogP contribution in [0.1, 0.15) is 5.56 Å². The normalized spacial score (nSPS) is 10.1. The maximum atomic E-state index is 10.8. The van der Waals surface area contributed by atoms with Gasteiger partial charge in [-0.1, -0.05) is 12.1 Å². The topological polar surface area (TPSA) is 64.3 Å². The maximum Gasteiger partial charge on any atom is 0.257 e. The number of amides is 1. The summed E-state index contributed by atoms with van der Waals surface area (Å²) in [5.74, 6) is 5.36. The monoisotopic (exact) mass is 192 g/mol. The Bertz CT molecular complexity index is 330. The molecule has 0 aliphatic carbocycles. The zero-order chi connectivity index (χ0) is 10.4. The van der Waals surface area contributed by atoms with Gasteiger partial charge in [-0.2, -0.15) is 0 Å². The molecule has 0 atom stereocenters. The molecule has 4 heteroatoms. The van der Waals surface area contributed by atoms with E-state index in [1.54, 1.807) is 13.2 Å². The SMILES string of the molecule is COc1ccc(C=CC(=O)NN)cc1. The summed E-state index contributed by atoms with van der Waals surface area (Å²) in [6.07, 6.45) is 3.03. The van der Waals surface area contributed by atoms with Crippen molar-refractivity contribution in [3.05, 3.63) is 35.9 Å². The summed E-state index contributed by atoms with van der Waals surface area (Å²) in [5.41, 5.74) is 2.92. The van der Waals surface area contributed by atoms with E-state index in [4.69, 9.17) is 10.6 Å². The van der Waals surface area contributed by atoms with E-state index in [9.17, 15) is 4.79 Å². The number of benzene rings is 1. The number of hydrazine groups is 1. The zero-order valence-corrected chi connectivity index (χ0v) is 7.86. The van der Waals surface area contributed by atoms with Crippen molar-refractivity contribution in [2.45, 2.75) is 0 Å². The highest BCUT2D eigenvalue weighted by molar-refractivity contribution is 5.91. The number of carbonyl (C=O) groups is 1. The van der Waals surface area contributed by atoms with Crippen molar-refractivity contribution in [3.8, 4) is 5.75 Å². The zero-order valence-electron chi connectivity index (χ0n) is 7.86. The molecule has 1 aromatic rings. The van der Waals surface area contributed by atoms with Gasteiger partial charge in [0.2, 0.25) is 0 Å². The molecule has 0 saturated carbocycles. The Morgan fingerprint density at radius 3 is 2.57 bits per heavy atom. The van der Waals surface area contributed by atoms with Crippen LogP contribution in [0.5, 0.6) is 5.75 Å².